The number of carbonyl (C=O) groups is 2. The van der Waals surface area contributed by atoms with Crippen molar-refractivity contribution in [1.29, 1.82) is 0 Å². The number of hydrogen-bond donors (Lipinski definition) is 4. The zero-order chi connectivity index (χ0) is 39.2. The molecule has 0 heterocycles. The van der Waals surface area contributed by atoms with Crippen LogP contribution in [0.5, 0.6) is 5.75 Å². The Morgan fingerprint density at radius 3 is 1.73 bits per heavy atom. The topological polar surface area (TPSA) is 123 Å². The number of unbranched alkanes of at least 4 members (excludes halogenated alkanes) is 2. The lowest BCUT2D eigenvalue weighted by Crippen LogP contribution is -2.45. The number of aliphatic hydroxyl groups excluding tert-OH is 1. The Labute approximate surface area is 329 Å². The van der Waals surface area contributed by atoms with Gasteiger partial charge >= 0.3 is 6.09 Å². The fraction of sp³-hybridized carbons (Fsp3) is 0.208. The molecule has 0 fully saturated rings. The second kappa shape index (κ2) is 19.4. The van der Waals surface area contributed by atoms with E-state index in [2.05, 4.69) is 95.6 Å². The molecule has 0 aliphatic heterocycles. The molecule has 8 heteroatoms. The van der Waals surface area contributed by atoms with Crippen molar-refractivity contribution in [3.8, 4) is 16.9 Å². The average Bonchev–Trinajstić information content (AvgIpc) is 3.57. The average molecular weight is 748 g/mol. The maximum atomic E-state index is 12.4. The summed E-state index contributed by atoms with van der Waals surface area (Å²) < 4.78 is 10.4. The first-order chi connectivity index (χ1) is 27.4. The zero-order valence-electron chi connectivity index (χ0n) is 31.7. The monoisotopic (exact) mass is 747 g/mol. The number of ether oxygens (including phenoxy) is 2. The molecular weight excluding hydrogens is 699 g/mol. The van der Waals surface area contributed by atoms with Gasteiger partial charge in [0.05, 0.1) is 19.3 Å². The lowest BCUT2D eigenvalue weighted by Gasteiger charge is -2.37. The van der Waals surface area contributed by atoms with Crippen LogP contribution in [0, 0.1) is 0 Å². The van der Waals surface area contributed by atoms with Crippen molar-refractivity contribution in [2.45, 2.75) is 43.7 Å². The van der Waals surface area contributed by atoms with Crippen LogP contribution in [0.2, 0.25) is 0 Å². The number of amides is 2. The molecule has 0 unspecified atom stereocenters. The van der Waals surface area contributed by atoms with Gasteiger partial charge in [0, 0.05) is 18.0 Å². The third kappa shape index (κ3) is 9.52. The molecule has 0 spiro atoms. The number of nitrogens with one attached hydrogen (secondary N) is 2. The lowest BCUT2D eigenvalue weighted by molar-refractivity contribution is -0.116. The van der Waals surface area contributed by atoms with Crippen LogP contribution in [-0.2, 0) is 21.7 Å². The Balaban J connectivity index is 0.000000244. The predicted molar refractivity (Wildman–Crippen MR) is 222 cm³/mol. The minimum atomic E-state index is -0.725. The van der Waals surface area contributed by atoms with Crippen LogP contribution >= 0.6 is 0 Å². The maximum absolute atomic E-state index is 12.4. The minimum absolute atomic E-state index is 0.00342. The highest BCUT2D eigenvalue weighted by molar-refractivity contribution is 5.90. The number of methoxy groups -OCH3 is 1. The maximum Gasteiger partial charge on any atom is 0.404 e. The SMILES string of the molecule is COc1ccc(C(NCCCCCC(=O)Nc2ccc(CO)cc2)(c2ccccc2)c2ccccc2)cc1.NC(=O)OCC1c2ccccc2-c2ccccc21. The molecule has 0 atom stereocenters. The normalized spacial score (nSPS) is 11.8. The first kappa shape index (κ1) is 39.5. The number of benzene rings is 6. The molecule has 6 aromatic rings. The highest BCUT2D eigenvalue weighted by Gasteiger charge is 2.35. The Bertz CT molecular complexity index is 2070. The van der Waals surface area contributed by atoms with Crippen LogP contribution in [-0.4, -0.2) is 37.4 Å². The van der Waals surface area contributed by atoms with E-state index in [0.717, 1.165) is 48.4 Å². The van der Waals surface area contributed by atoms with Crippen LogP contribution in [0.4, 0.5) is 10.5 Å². The Morgan fingerprint density at radius 2 is 1.20 bits per heavy atom. The van der Waals surface area contributed by atoms with E-state index < -0.39 is 11.6 Å². The van der Waals surface area contributed by atoms with Crippen LogP contribution in [0.25, 0.3) is 11.1 Å². The van der Waals surface area contributed by atoms with Crippen LogP contribution in [0.1, 0.15) is 65.0 Å². The van der Waals surface area contributed by atoms with Gasteiger partial charge in [-0.3, -0.25) is 10.1 Å². The zero-order valence-corrected chi connectivity index (χ0v) is 31.7. The van der Waals surface area contributed by atoms with Crippen molar-refractivity contribution in [3.05, 3.63) is 191 Å². The predicted octanol–water partition coefficient (Wildman–Crippen LogP) is 9.16. The van der Waals surface area contributed by atoms with Crippen molar-refractivity contribution >= 4 is 17.7 Å². The molecule has 8 nitrogen and oxygen atoms in total. The van der Waals surface area contributed by atoms with Gasteiger partial charge < -0.3 is 25.6 Å². The van der Waals surface area contributed by atoms with Crippen LogP contribution in [0.15, 0.2) is 158 Å². The number of carbonyl (C=O) groups excluding carboxylic acids is 2. The molecule has 6 aromatic carbocycles. The number of fused-ring (bicyclic) bond motifs is 3. The molecule has 0 radical (unpaired) electrons. The highest BCUT2D eigenvalue weighted by atomic mass is 16.5. The summed E-state index contributed by atoms with van der Waals surface area (Å²) in [7, 11) is 1.68. The van der Waals surface area contributed by atoms with Gasteiger partial charge in [-0.25, -0.2) is 4.79 Å². The number of rotatable bonds is 15. The third-order valence-corrected chi connectivity index (χ3v) is 10.2. The first-order valence-corrected chi connectivity index (χ1v) is 19.0. The van der Waals surface area contributed by atoms with E-state index in [-0.39, 0.29) is 18.4 Å². The van der Waals surface area contributed by atoms with E-state index in [1.807, 2.05) is 72.8 Å². The third-order valence-electron chi connectivity index (χ3n) is 10.2. The summed E-state index contributed by atoms with van der Waals surface area (Å²) in [6, 6.07) is 53.0. The van der Waals surface area contributed by atoms with Gasteiger partial charge in [-0.1, -0.05) is 140 Å². The van der Waals surface area contributed by atoms with Gasteiger partial charge in [0.25, 0.3) is 0 Å². The lowest BCUT2D eigenvalue weighted by atomic mass is 9.77. The molecule has 0 aromatic heterocycles. The van der Waals surface area contributed by atoms with Crippen LogP contribution < -0.4 is 21.1 Å². The summed E-state index contributed by atoms with van der Waals surface area (Å²) in [4.78, 5) is 23.2. The van der Waals surface area contributed by atoms with E-state index in [9.17, 15) is 9.59 Å². The fourth-order valence-corrected chi connectivity index (χ4v) is 7.41. The summed E-state index contributed by atoms with van der Waals surface area (Å²) in [5.74, 6) is 0.923. The van der Waals surface area contributed by atoms with E-state index in [1.54, 1.807) is 7.11 Å². The number of anilines is 1. The smallest absolute Gasteiger partial charge is 0.404 e. The van der Waals surface area contributed by atoms with E-state index in [1.165, 1.54) is 33.4 Å². The Morgan fingerprint density at radius 1 is 0.661 bits per heavy atom. The first-order valence-electron chi connectivity index (χ1n) is 19.0. The molecular formula is C48H49N3O5. The second-order valence-corrected chi connectivity index (χ2v) is 13.7. The Hall–Kier alpha value is -6.22. The molecule has 1 aliphatic rings. The summed E-state index contributed by atoms with van der Waals surface area (Å²) in [5, 5.41) is 16.0. The van der Waals surface area contributed by atoms with E-state index >= 15 is 0 Å². The van der Waals surface area contributed by atoms with Crippen molar-refractivity contribution in [1.82, 2.24) is 5.32 Å². The summed E-state index contributed by atoms with van der Waals surface area (Å²) >= 11 is 0. The minimum Gasteiger partial charge on any atom is -0.497 e. The second-order valence-electron chi connectivity index (χ2n) is 13.7. The summed E-state index contributed by atoms with van der Waals surface area (Å²) in [6.45, 7) is 1.08. The van der Waals surface area contributed by atoms with Crippen molar-refractivity contribution in [3.63, 3.8) is 0 Å². The molecule has 5 N–H and O–H groups in total. The number of aliphatic hydroxyl groups is 1. The summed E-state index contributed by atoms with van der Waals surface area (Å²) in [6.07, 6.45) is 2.44. The molecule has 286 valence electrons. The molecule has 56 heavy (non-hydrogen) atoms. The van der Waals surface area contributed by atoms with Gasteiger partial charge in [-0.2, -0.15) is 0 Å². The largest absolute Gasteiger partial charge is 0.497 e. The van der Waals surface area contributed by atoms with Gasteiger partial charge in [-0.05, 0) is 88.2 Å². The molecule has 2 amide bonds. The number of nitrogens with two attached hydrogens (primary N) is 1. The molecule has 1 aliphatic carbocycles. The van der Waals surface area contributed by atoms with Gasteiger partial charge in [-0.15, -0.1) is 0 Å². The fourth-order valence-electron chi connectivity index (χ4n) is 7.41. The van der Waals surface area contributed by atoms with Crippen LogP contribution in [0.3, 0.4) is 0 Å². The van der Waals surface area contributed by atoms with Gasteiger partial charge in [0.2, 0.25) is 5.91 Å². The molecule has 7 rings (SSSR count). The van der Waals surface area contributed by atoms with Gasteiger partial charge in [0.1, 0.15) is 12.4 Å². The van der Waals surface area contributed by atoms with Crippen molar-refractivity contribution in [2.75, 3.05) is 25.6 Å². The quantitative estimate of drug-likeness (QED) is 0.0614. The van der Waals surface area contributed by atoms with E-state index in [4.69, 9.17) is 20.3 Å². The standard InChI is InChI=1S/C33H36N2O3.C15H13NO2/c1-38-31-22-18-29(19-23-31)33(27-11-5-2-6-12-27,28-13-7-3-8-14-28)34-24-10-4-9-15-32(37)35-30-20-16-26(25-36)17-21-30;16-15(17)18-9-14-12-7-3-1-5-10(12)11-6-2-4-8-13(11)14/h2-3,5-8,11-14,16-23,34,36H,4,9-10,15,24-25H2,1H3,(H,35,37);1-8,14H,9H2,(H2,16,17). The molecule has 0 saturated heterocycles. The summed E-state index contributed by atoms with van der Waals surface area (Å²) in [5.41, 5.74) is 14.4. The Kier molecular flexibility index (Phi) is 13.7. The van der Waals surface area contributed by atoms with E-state index in [0.29, 0.717) is 13.0 Å². The number of hydrogen-bond acceptors (Lipinski definition) is 6. The van der Waals surface area contributed by atoms with Crippen molar-refractivity contribution < 1.29 is 24.2 Å². The molecule has 0 saturated carbocycles. The van der Waals surface area contributed by atoms with Gasteiger partial charge in [0.15, 0.2) is 0 Å². The highest BCUT2D eigenvalue weighted by Crippen LogP contribution is 2.44. The number of primary amides is 1. The van der Waals surface area contributed by atoms with Crippen molar-refractivity contribution in [2.24, 2.45) is 5.73 Å². The molecule has 0 bridgehead atoms.